The van der Waals surface area contributed by atoms with Gasteiger partial charge in [0.25, 0.3) is 5.69 Å². The maximum atomic E-state index is 13.2. The summed E-state index contributed by atoms with van der Waals surface area (Å²) in [6.07, 6.45) is 5.19. The van der Waals surface area contributed by atoms with Crippen LogP contribution in [0.2, 0.25) is 0 Å². The van der Waals surface area contributed by atoms with E-state index in [0.717, 1.165) is 36.9 Å². The number of carbonyl (C=O) groups is 1. The minimum absolute atomic E-state index is 0.0692. The van der Waals surface area contributed by atoms with Crippen LogP contribution in [0, 0.1) is 23.0 Å². The SMILES string of the molecule is Cc1ccccc1NC(=O)C(NC(=S)Nc1ccccc1[N+](=O)[O-])C1CCCCC1. The zero-order chi connectivity index (χ0) is 21.5. The zero-order valence-corrected chi connectivity index (χ0v) is 17.7. The number of nitro benzene ring substituents is 1. The average molecular weight is 427 g/mol. The van der Waals surface area contributed by atoms with Crippen LogP contribution in [-0.4, -0.2) is 22.0 Å². The number of nitrogens with one attached hydrogen (secondary N) is 3. The van der Waals surface area contributed by atoms with Crippen molar-refractivity contribution in [3.8, 4) is 0 Å². The summed E-state index contributed by atoms with van der Waals surface area (Å²) in [5.74, 6) is -0.00353. The lowest BCUT2D eigenvalue weighted by atomic mass is 9.83. The van der Waals surface area contributed by atoms with Crippen molar-refractivity contribution < 1.29 is 9.72 Å². The molecule has 3 rings (SSSR count). The lowest BCUT2D eigenvalue weighted by molar-refractivity contribution is -0.383. The van der Waals surface area contributed by atoms with E-state index in [0.29, 0.717) is 5.69 Å². The quantitative estimate of drug-likeness (QED) is 0.350. The minimum atomic E-state index is -0.521. The van der Waals surface area contributed by atoms with Crippen molar-refractivity contribution in [2.24, 2.45) is 5.92 Å². The Bertz CT molecular complexity index is 928. The summed E-state index contributed by atoms with van der Waals surface area (Å²) in [5.41, 5.74) is 1.97. The molecule has 8 heteroatoms. The monoisotopic (exact) mass is 426 g/mol. The van der Waals surface area contributed by atoms with Crippen molar-refractivity contribution in [2.45, 2.75) is 45.1 Å². The van der Waals surface area contributed by atoms with Crippen LogP contribution in [-0.2, 0) is 4.79 Å². The van der Waals surface area contributed by atoms with E-state index in [1.807, 2.05) is 31.2 Å². The summed E-state index contributed by atoms with van der Waals surface area (Å²) in [4.78, 5) is 23.9. The van der Waals surface area contributed by atoms with Crippen molar-refractivity contribution in [1.82, 2.24) is 5.32 Å². The number of benzene rings is 2. The largest absolute Gasteiger partial charge is 0.350 e. The van der Waals surface area contributed by atoms with Gasteiger partial charge in [0.05, 0.1) is 4.92 Å². The second-order valence-electron chi connectivity index (χ2n) is 7.55. The highest BCUT2D eigenvalue weighted by atomic mass is 32.1. The first-order valence-electron chi connectivity index (χ1n) is 10.1. The number of anilines is 2. The van der Waals surface area contributed by atoms with E-state index < -0.39 is 11.0 Å². The topological polar surface area (TPSA) is 96.3 Å². The summed E-state index contributed by atoms with van der Waals surface area (Å²) in [6.45, 7) is 1.94. The molecule has 1 fully saturated rings. The maximum Gasteiger partial charge on any atom is 0.292 e. The number of hydrogen-bond acceptors (Lipinski definition) is 4. The summed E-state index contributed by atoms with van der Waals surface area (Å²) < 4.78 is 0. The van der Waals surface area contributed by atoms with Crippen molar-refractivity contribution in [3.05, 3.63) is 64.2 Å². The number of para-hydroxylation sites is 3. The van der Waals surface area contributed by atoms with Crippen molar-refractivity contribution in [3.63, 3.8) is 0 Å². The molecular weight excluding hydrogens is 400 g/mol. The molecule has 2 aromatic carbocycles. The Labute approximate surface area is 181 Å². The molecule has 158 valence electrons. The summed E-state index contributed by atoms with van der Waals surface area (Å²) in [6, 6.07) is 13.4. The van der Waals surface area contributed by atoms with Gasteiger partial charge in [0.2, 0.25) is 5.91 Å². The van der Waals surface area contributed by atoms with E-state index in [1.165, 1.54) is 12.5 Å². The van der Waals surface area contributed by atoms with Gasteiger partial charge in [0.1, 0.15) is 11.7 Å². The van der Waals surface area contributed by atoms with Crippen LogP contribution in [0.3, 0.4) is 0 Å². The fourth-order valence-corrected chi connectivity index (χ4v) is 4.06. The van der Waals surface area contributed by atoms with E-state index in [4.69, 9.17) is 12.2 Å². The van der Waals surface area contributed by atoms with E-state index in [-0.39, 0.29) is 22.6 Å². The number of amides is 1. The van der Waals surface area contributed by atoms with Gasteiger partial charge in [-0.25, -0.2) is 0 Å². The van der Waals surface area contributed by atoms with Gasteiger partial charge in [-0.3, -0.25) is 14.9 Å². The lowest BCUT2D eigenvalue weighted by Crippen LogP contribution is -2.50. The van der Waals surface area contributed by atoms with E-state index >= 15 is 0 Å². The van der Waals surface area contributed by atoms with Crippen molar-refractivity contribution in [2.75, 3.05) is 10.6 Å². The molecule has 0 bridgehead atoms. The highest BCUT2D eigenvalue weighted by Gasteiger charge is 2.30. The number of thiocarbonyl (C=S) groups is 1. The van der Waals surface area contributed by atoms with Crippen LogP contribution in [0.25, 0.3) is 0 Å². The Morgan fingerprint density at radius 3 is 2.33 bits per heavy atom. The Morgan fingerprint density at radius 2 is 1.67 bits per heavy atom. The zero-order valence-electron chi connectivity index (χ0n) is 16.9. The number of rotatable bonds is 6. The molecule has 0 spiro atoms. The van der Waals surface area contributed by atoms with Crippen LogP contribution in [0.15, 0.2) is 48.5 Å². The third-order valence-electron chi connectivity index (χ3n) is 5.44. The molecule has 1 saturated carbocycles. The molecule has 0 radical (unpaired) electrons. The van der Waals surface area contributed by atoms with Gasteiger partial charge < -0.3 is 16.0 Å². The molecule has 1 atom stereocenters. The Hall–Kier alpha value is -3.00. The van der Waals surface area contributed by atoms with Gasteiger partial charge in [-0.15, -0.1) is 0 Å². The molecule has 1 amide bonds. The predicted octanol–water partition coefficient (Wildman–Crippen LogP) is 4.78. The Kier molecular flexibility index (Phi) is 7.35. The number of aryl methyl sites for hydroxylation is 1. The second-order valence-corrected chi connectivity index (χ2v) is 7.96. The number of carbonyl (C=O) groups excluding carboxylic acids is 1. The molecule has 0 heterocycles. The summed E-state index contributed by atoms with van der Waals surface area (Å²) >= 11 is 5.41. The summed E-state index contributed by atoms with van der Waals surface area (Å²) in [5, 5.41) is 20.5. The number of hydrogen-bond donors (Lipinski definition) is 3. The molecule has 0 aromatic heterocycles. The second kappa shape index (κ2) is 10.2. The van der Waals surface area contributed by atoms with Gasteiger partial charge in [0.15, 0.2) is 5.11 Å². The molecule has 1 unspecified atom stereocenters. The highest BCUT2D eigenvalue weighted by molar-refractivity contribution is 7.80. The van der Waals surface area contributed by atoms with Gasteiger partial charge in [-0.2, -0.15) is 0 Å². The van der Waals surface area contributed by atoms with Gasteiger partial charge >= 0.3 is 0 Å². The van der Waals surface area contributed by atoms with E-state index in [1.54, 1.807) is 18.2 Å². The smallest absolute Gasteiger partial charge is 0.292 e. The number of nitrogens with zero attached hydrogens (tertiary/aromatic N) is 1. The molecule has 2 aromatic rings. The van der Waals surface area contributed by atoms with Crippen LogP contribution >= 0.6 is 12.2 Å². The Balaban J connectivity index is 1.75. The van der Waals surface area contributed by atoms with Crippen LogP contribution in [0.1, 0.15) is 37.7 Å². The standard InChI is InChI=1S/C22H26N4O3S/c1-15-9-5-6-12-17(15)23-21(27)20(16-10-3-2-4-11-16)25-22(30)24-18-13-7-8-14-19(18)26(28)29/h5-9,12-14,16,20H,2-4,10-11H2,1H3,(H,23,27)(H2,24,25,30). The first kappa shape index (κ1) is 21.7. The van der Waals surface area contributed by atoms with E-state index in [2.05, 4.69) is 16.0 Å². The number of nitro groups is 1. The average Bonchev–Trinajstić information content (AvgIpc) is 2.74. The van der Waals surface area contributed by atoms with Crippen molar-refractivity contribution >= 4 is 40.3 Å². The van der Waals surface area contributed by atoms with Crippen LogP contribution in [0.5, 0.6) is 0 Å². The fourth-order valence-electron chi connectivity index (χ4n) is 3.83. The van der Waals surface area contributed by atoms with Gasteiger partial charge in [0, 0.05) is 11.8 Å². The molecule has 3 N–H and O–H groups in total. The van der Waals surface area contributed by atoms with Crippen LogP contribution in [0.4, 0.5) is 17.1 Å². The Morgan fingerprint density at radius 1 is 1.03 bits per heavy atom. The molecule has 30 heavy (non-hydrogen) atoms. The molecule has 7 nitrogen and oxygen atoms in total. The first-order chi connectivity index (χ1) is 14.5. The first-order valence-corrected chi connectivity index (χ1v) is 10.5. The highest BCUT2D eigenvalue weighted by Crippen LogP contribution is 2.28. The maximum absolute atomic E-state index is 13.2. The van der Waals surface area contributed by atoms with Crippen molar-refractivity contribution in [1.29, 1.82) is 0 Å². The molecular formula is C22H26N4O3S. The molecule has 0 aliphatic heterocycles. The predicted molar refractivity (Wildman–Crippen MR) is 123 cm³/mol. The minimum Gasteiger partial charge on any atom is -0.350 e. The van der Waals surface area contributed by atoms with E-state index in [9.17, 15) is 14.9 Å². The molecule has 1 aliphatic rings. The van der Waals surface area contributed by atoms with Crippen LogP contribution < -0.4 is 16.0 Å². The van der Waals surface area contributed by atoms with Gasteiger partial charge in [-0.05, 0) is 55.6 Å². The fraction of sp³-hybridized carbons (Fsp3) is 0.364. The molecule has 1 aliphatic carbocycles. The normalized spacial score (nSPS) is 15.1. The summed E-state index contributed by atoms with van der Waals surface area (Å²) in [7, 11) is 0. The van der Waals surface area contributed by atoms with Gasteiger partial charge in [-0.1, -0.05) is 49.6 Å². The lowest BCUT2D eigenvalue weighted by Gasteiger charge is -2.31. The third-order valence-corrected chi connectivity index (χ3v) is 5.66. The molecule has 0 saturated heterocycles. The third kappa shape index (κ3) is 5.54.